The van der Waals surface area contributed by atoms with Crippen molar-refractivity contribution in [1.29, 1.82) is 0 Å². The van der Waals surface area contributed by atoms with E-state index in [1.54, 1.807) is 7.11 Å². The van der Waals surface area contributed by atoms with Crippen molar-refractivity contribution in [3.8, 4) is 17.1 Å². The summed E-state index contributed by atoms with van der Waals surface area (Å²) in [6, 6.07) is 7.15. The van der Waals surface area contributed by atoms with Gasteiger partial charge in [0.1, 0.15) is 5.75 Å². The third kappa shape index (κ3) is 5.39. The lowest BCUT2D eigenvalue weighted by Gasteiger charge is -2.32. The minimum absolute atomic E-state index is 0.0253. The van der Waals surface area contributed by atoms with Gasteiger partial charge in [0.15, 0.2) is 11.0 Å². The SMILES string of the molecule is COc1ccc(-c2nnc(SC(C(=O)NC(N)=O)C(C)C)n2C2CCCCC2C)cc1. The third-order valence-electron chi connectivity index (χ3n) is 5.75. The Morgan fingerprint density at radius 2 is 1.87 bits per heavy atom. The van der Waals surface area contributed by atoms with Gasteiger partial charge in [0.2, 0.25) is 5.91 Å². The van der Waals surface area contributed by atoms with Crippen LogP contribution in [-0.2, 0) is 4.79 Å². The Morgan fingerprint density at radius 1 is 1.19 bits per heavy atom. The molecule has 1 aliphatic rings. The van der Waals surface area contributed by atoms with Crippen LogP contribution in [0.4, 0.5) is 4.79 Å². The zero-order valence-electron chi connectivity index (χ0n) is 18.5. The van der Waals surface area contributed by atoms with Crippen LogP contribution in [0.25, 0.3) is 11.4 Å². The van der Waals surface area contributed by atoms with Crippen LogP contribution in [0.2, 0.25) is 0 Å². The molecule has 3 amide bonds. The number of nitrogens with one attached hydrogen (secondary N) is 1. The van der Waals surface area contributed by atoms with Gasteiger partial charge in [-0.15, -0.1) is 10.2 Å². The third-order valence-corrected chi connectivity index (χ3v) is 7.25. The highest BCUT2D eigenvalue weighted by atomic mass is 32.2. The molecule has 3 N–H and O–H groups in total. The Bertz CT molecular complexity index is 912. The summed E-state index contributed by atoms with van der Waals surface area (Å²) in [7, 11) is 1.64. The first-order valence-corrected chi connectivity index (χ1v) is 11.6. The smallest absolute Gasteiger partial charge is 0.318 e. The molecule has 2 aromatic rings. The van der Waals surface area contributed by atoms with Crippen molar-refractivity contribution in [2.24, 2.45) is 17.6 Å². The molecule has 0 bridgehead atoms. The van der Waals surface area contributed by atoms with Crippen LogP contribution in [0, 0.1) is 11.8 Å². The van der Waals surface area contributed by atoms with Crippen molar-refractivity contribution < 1.29 is 14.3 Å². The summed E-state index contributed by atoms with van der Waals surface area (Å²) < 4.78 is 7.47. The van der Waals surface area contributed by atoms with Gasteiger partial charge in [0, 0.05) is 11.6 Å². The van der Waals surface area contributed by atoms with Crippen LogP contribution in [0.5, 0.6) is 5.75 Å². The largest absolute Gasteiger partial charge is 0.497 e. The number of rotatable bonds is 7. The van der Waals surface area contributed by atoms with Crippen LogP contribution < -0.4 is 15.8 Å². The van der Waals surface area contributed by atoms with Crippen LogP contribution in [0.3, 0.4) is 0 Å². The van der Waals surface area contributed by atoms with E-state index < -0.39 is 17.2 Å². The molecule has 168 valence electrons. The number of aromatic nitrogens is 3. The van der Waals surface area contributed by atoms with E-state index in [1.807, 2.05) is 38.1 Å². The lowest BCUT2D eigenvalue weighted by Crippen LogP contribution is -2.42. The van der Waals surface area contributed by atoms with Gasteiger partial charge in [-0.3, -0.25) is 14.7 Å². The van der Waals surface area contributed by atoms with Gasteiger partial charge in [0.05, 0.1) is 12.4 Å². The number of hydrogen-bond donors (Lipinski definition) is 2. The molecule has 8 nitrogen and oxygen atoms in total. The number of nitrogens with zero attached hydrogens (tertiary/aromatic N) is 3. The molecule has 31 heavy (non-hydrogen) atoms. The summed E-state index contributed by atoms with van der Waals surface area (Å²) in [6.45, 7) is 6.13. The molecule has 0 spiro atoms. The zero-order valence-corrected chi connectivity index (χ0v) is 19.3. The Balaban J connectivity index is 2.01. The molecule has 0 radical (unpaired) electrons. The Hall–Kier alpha value is -2.55. The molecule has 0 aliphatic heterocycles. The fourth-order valence-electron chi connectivity index (χ4n) is 4.07. The van der Waals surface area contributed by atoms with E-state index in [2.05, 4.69) is 27.0 Å². The van der Waals surface area contributed by atoms with Gasteiger partial charge in [-0.25, -0.2) is 4.79 Å². The predicted molar refractivity (Wildman–Crippen MR) is 121 cm³/mol. The first-order chi connectivity index (χ1) is 14.8. The number of urea groups is 1. The van der Waals surface area contributed by atoms with E-state index in [0.29, 0.717) is 11.1 Å². The minimum atomic E-state index is -0.849. The van der Waals surface area contributed by atoms with Crippen molar-refractivity contribution in [3.05, 3.63) is 24.3 Å². The highest BCUT2D eigenvalue weighted by Gasteiger charge is 2.32. The van der Waals surface area contributed by atoms with Gasteiger partial charge >= 0.3 is 6.03 Å². The zero-order chi connectivity index (χ0) is 22.5. The Kier molecular flexibility index (Phi) is 7.59. The van der Waals surface area contributed by atoms with Crippen molar-refractivity contribution in [2.45, 2.75) is 62.9 Å². The van der Waals surface area contributed by atoms with Crippen molar-refractivity contribution in [3.63, 3.8) is 0 Å². The molecule has 1 aromatic carbocycles. The summed E-state index contributed by atoms with van der Waals surface area (Å²) >= 11 is 1.34. The number of amides is 3. The topological polar surface area (TPSA) is 112 Å². The lowest BCUT2D eigenvalue weighted by atomic mass is 9.85. The first-order valence-electron chi connectivity index (χ1n) is 10.7. The van der Waals surface area contributed by atoms with E-state index >= 15 is 0 Å². The Morgan fingerprint density at radius 3 is 2.45 bits per heavy atom. The molecule has 1 aliphatic carbocycles. The number of benzene rings is 1. The molecule has 1 fully saturated rings. The second-order valence-corrected chi connectivity index (χ2v) is 9.48. The second-order valence-electron chi connectivity index (χ2n) is 8.37. The Labute approximate surface area is 187 Å². The number of imide groups is 1. The maximum atomic E-state index is 12.6. The van der Waals surface area contributed by atoms with E-state index in [4.69, 9.17) is 10.5 Å². The van der Waals surface area contributed by atoms with Gasteiger partial charge in [-0.05, 0) is 48.9 Å². The average Bonchev–Trinajstić information content (AvgIpc) is 3.15. The monoisotopic (exact) mass is 445 g/mol. The molecule has 1 aromatic heterocycles. The number of thioether (sulfide) groups is 1. The summed E-state index contributed by atoms with van der Waals surface area (Å²) in [4.78, 5) is 23.8. The quantitative estimate of drug-likeness (QED) is 0.623. The summed E-state index contributed by atoms with van der Waals surface area (Å²) in [6.07, 6.45) is 4.55. The number of nitrogens with two attached hydrogens (primary N) is 1. The summed E-state index contributed by atoms with van der Waals surface area (Å²) in [5.74, 6) is 1.59. The van der Waals surface area contributed by atoms with Gasteiger partial charge < -0.3 is 10.5 Å². The maximum absolute atomic E-state index is 12.6. The number of hydrogen-bond acceptors (Lipinski definition) is 6. The predicted octanol–water partition coefficient (Wildman–Crippen LogP) is 4.02. The molecule has 1 saturated carbocycles. The van der Waals surface area contributed by atoms with Crippen molar-refractivity contribution in [2.75, 3.05) is 7.11 Å². The minimum Gasteiger partial charge on any atom is -0.497 e. The van der Waals surface area contributed by atoms with E-state index in [0.717, 1.165) is 36.4 Å². The first kappa shape index (κ1) is 23.1. The number of primary amides is 1. The standard InChI is InChI=1S/C22H31N5O3S/c1-13(2)18(20(28)24-21(23)29)31-22-26-25-19(15-9-11-16(30-4)12-10-15)27(22)17-8-6-5-7-14(17)3/h9-14,17-18H,5-8H2,1-4H3,(H3,23,24,28,29). The lowest BCUT2D eigenvalue weighted by molar-refractivity contribution is -0.120. The molecule has 3 rings (SSSR count). The van der Waals surface area contributed by atoms with Gasteiger partial charge in [0.25, 0.3) is 0 Å². The fourth-order valence-corrected chi connectivity index (χ4v) is 5.16. The average molecular weight is 446 g/mol. The molecule has 1 heterocycles. The summed E-state index contributed by atoms with van der Waals surface area (Å²) in [5, 5.41) is 11.4. The number of ether oxygens (including phenoxy) is 1. The van der Waals surface area contributed by atoms with E-state index in [-0.39, 0.29) is 12.0 Å². The molecule has 9 heteroatoms. The number of carbonyl (C=O) groups is 2. The van der Waals surface area contributed by atoms with E-state index in [1.165, 1.54) is 18.2 Å². The fraction of sp³-hybridized carbons (Fsp3) is 0.545. The molecule has 3 atom stereocenters. The number of methoxy groups -OCH3 is 1. The van der Waals surface area contributed by atoms with Crippen LogP contribution in [-0.4, -0.2) is 39.1 Å². The highest BCUT2D eigenvalue weighted by molar-refractivity contribution is 8.00. The highest BCUT2D eigenvalue weighted by Crippen LogP contribution is 2.40. The van der Waals surface area contributed by atoms with Crippen LogP contribution in [0.15, 0.2) is 29.4 Å². The molecule has 0 saturated heterocycles. The number of carbonyl (C=O) groups excluding carboxylic acids is 2. The molecule has 3 unspecified atom stereocenters. The van der Waals surface area contributed by atoms with Crippen molar-refractivity contribution in [1.82, 2.24) is 20.1 Å². The summed E-state index contributed by atoms with van der Waals surface area (Å²) in [5.41, 5.74) is 6.11. The van der Waals surface area contributed by atoms with Crippen LogP contribution in [0.1, 0.15) is 52.5 Å². The maximum Gasteiger partial charge on any atom is 0.318 e. The van der Waals surface area contributed by atoms with Gasteiger partial charge in [-0.1, -0.05) is 45.4 Å². The van der Waals surface area contributed by atoms with E-state index in [9.17, 15) is 9.59 Å². The van der Waals surface area contributed by atoms with Gasteiger partial charge in [-0.2, -0.15) is 0 Å². The van der Waals surface area contributed by atoms with Crippen LogP contribution >= 0.6 is 11.8 Å². The normalized spacial score (nSPS) is 19.8. The van der Waals surface area contributed by atoms with Crippen molar-refractivity contribution >= 4 is 23.7 Å². The second kappa shape index (κ2) is 10.2. The molecular weight excluding hydrogens is 414 g/mol. The molecular formula is C22H31N5O3S.